The molecule has 2 N–H and O–H groups in total. The molecule has 9 heteroatoms. The summed E-state index contributed by atoms with van der Waals surface area (Å²) >= 11 is 12.1. The number of nitrogens with one attached hydrogen (secondary N) is 2. The molecular formula is C17H11Cl2N5O2. The van der Waals surface area contributed by atoms with Gasteiger partial charge in [-0.25, -0.2) is 15.0 Å². The van der Waals surface area contributed by atoms with Gasteiger partial charge >= 0.3 is 0 Å². The molecule has 3 rings (SSSR count). The molecule has 0 saturated carbocycles. The van der Waals surface area contributed by atoms with Crippen LogP contribution in [0.1, 0.15) is 21.0 Å². The Morgan fingerprint density at radius 1 is 0.808 bits per heavy atom. The Labute approximate surface area is 158 Å². The fraction of sp³-hybridized carbons (Fsp3) is 0. The first-order valence-electron chi connectivity index (χ1n) is 7.34. The number of carbonyl (C=O) groups excluding carboxylic acids is 2. The standard InChI is InChI=1S/C17H11Cl2N5O2/c18-11-3-1-4-12(19)14(11)16(25)23-10-5-8-20-13(9-10)24-17(26)15-21-6-2-7-22-15/h1-9H,(H2,20,23,24,25,26). The second-order valence-electron chi connectivity index (χ2n) is 5.01. The van der Waals surface area contributed by atoms with Crippen LogP contribution in [0.25, 0.3) is 0 Å². The predicted molar refractivity (Wildman–Crippen MR) is 98.6 cm³/mol. The van der Waals surface area contributed by atoms with Gasteiger partial charge in [-0.3, -0.25) is 9.59 Å². The highest BCUT2D eigenvalue weighted by Gasteiger charge is 2.15. The molecule has 2 aromatic heterocycles. The minimum atomic E-state index is -0.518. The van der Waals surface area contributed by atoms with Crippen molar-refractivity contribution in [2.75, 3.05) is 10.6 Å². The Morgan fingerprint density at radius 3 is 2.19 bits per heavy atom. The number of rotatable bonds is 4. The van der Waals surface area contributed by atoms with E-state index in [1.165, 1.54) is 24.7 Å². The van der Waals surface area contributed by atoms with Gasteiger partial charge in [0.2, 0.25) is 5.82 Å². The SMILES string of the molecule is O=C(Nc1cc(NC(=O)c2c(Cl)cccc2Cl)ccn1)c1ncccn1. The van der Waals surface area contributed by atoms with Crippen LogP contribution in [0.15, 0.2) is 55.0 Å². The van der Waals surface area contributed by atoms with Crippen molar-refractivity contribution in [1.29, 1.82) is 0 Å². The molecule has 1 aromatic carbocycles. The van der Waals surface area contributed by atoms with Gasteiger partial charge in [-0.2, -0.15) is 0 Å². The Morgan fingerprint density at radius 2 is 1.50 bits per heavy atom. The molecule has 0 unspecified atom stereocenters. The van der Waals surface area contributed by atoms with E-state index in [4.69, 9.17) is 23.2 Å². The van der Waals surface area contributed by atoms with E-state index in [-0.39, 0.29) is 27.3 Å². The summed E-state index contributed by atoms with van der Waals surface area (Å²) in [6.07, 6.45) is 4.35. The van der Waals surface area contributed by atoms with Gasteiger partial charge in [0.15, 0.2) is 0 Å². The van der Waals surface area contributed by atoms with Crippen LogP contribution < -0.4 is 10.6 Å². The number of carbonyl (C=O) groups is 2. The van der Waals surface area contributed by atoms with E-state index in [0.29, 0.717) is 5.69 Å². The molecule has 0 atom stereocenters. The van der Waals surface area contributed by atoms with E-state index in [9.17, 15) is 9.59 Å². The van der Waals surface area contributed by atoms with Crippen molar-refractivity contribution < 1.29 is 9.59 Å². The molecule has 0 saturated heterocycles. The van der Waals surface area contributed by atoms with Gasteiger partial charge in [-0.15, -0.1) is 0 Å². The lowest BCUT2D eigenvalue weighted by atomic mass is 10.2. The number of hydrogen-bond donors (Lipinski definition) is 2. The predicted octanol–water partition coefficient (Wildman–Crippen LogP) is 3.68. The highest BCUT2D eigenvalue weighted by Crippen LogP contribution is 2.25. The van der Waals surface area contributed by atoms with Crippen molar-refractivity contribution >= 4 is 46.5 Å². The molecule has 26 heavy (non-hydrogen) atoms. The third kappa shape index (κ3) is 4.14. The van der Waals surface area contributed by atoms with Crippen LogP contribution in [0.3, 0.4) is 0 Å². The number of amides is 2. The minimum Gasteiger partial charge on any atom is -0.322 e. The van der Waals surface area contributed by atoms with Crippen molar-refractivity contribution in [2.45, 2.75) is 0 Å². The van der Waals surface area contributed by atoms with Crippen molar-refractivity contribution in [3.05, 3.63) is 76.4 Å². The maximum atomic E-state index is 12.4. The second kappa shape index (κ2) is 7.90. The summed E-state index contributed by atoms with van der Waals surface area (Å²) in [7, 11) is 0. The maximum absolute atomic E-state index is 12.4. The molecule has 0 aliphatic carbocycles. The molecule has 0 aliphatic heterocycles. The quantitative estimate of drug-likeness (QED) is 0.711. The van der Waals surface area contributed by atoms with E-state index in [0.717, 1.165) is 0 Å². The van der Waals surface area contributed by atoms with E-state index < -0.39 is 11.8 Å². The van der Waals surface area contributed by atoms with Crippen molar-refractivity contribution in [2.24, 2.45) is 0 Å². The highest BCUT2D eigenvalue weighted by atomic mass is 35.5. The summed E-state index contributed by atoms with van der Waals surface area (Å²) in [5.41, 5.74) is 0.571. The largest absolute Gasteiger partial charge is 0.322 e. The number of aromatic nitrogens is 3. The molecule has 2 heterocycles. The number of halogens is 2. The lowest BCUT2D eigenvalue weighted by molar-refractivity contribution is 0.101. The molecule has 0 spiro atoms. The van der Waals surface area contributed by atoms with Gasteiger partial charge in [-0.1, -0.05) is 29.3 Å². The Balaban J connectivity index is 1.75. The number of pyridine rings is 1. The van der Waals surface area contributed by atoms with Gasteiger partial charge in [0.05, 0.1) is 15.6 Å². The molecule has 3 aromatic rings. The van der Waals surface area contributed by atoms with E-state index >= 15 is 0 Å². The van der Waals surface area contributed by atoms with E-state index in [2.05, 4.69) is 25.6 Å². The first-order valence-corrected chi connectivity index (χ1v) is 8.10. The van der Waals surface area contributed by atoms with Gasteiger partial charge in [0, 0.05) is 30.3 Å². The van der Waals surface area contributed by atoms with E-state index in [1.54, 1.807) is 30.3 Å². The first-order chi connectivity index (χ1) is 12.5. The van der Waals surface area contributed by atoms with Gasteiger partial charge in [-0.05, 0) is 24.3 Å². The lowest BCUT2D eigenvalue weighted by Crippen LogP contribution is -2.17. The summed E-state index contributed by atoms with van der Waals surface area (Å²) in [5, 5.41) is 5.69. The van der Waals surface area contributed by atoms with Crippen molar-refractivity contribution in [3.63, 3.8) is 0 Å². The average Bonchev–Trinajstić information content (AvgIpc) is 2.62. The van der Waals surface area contributed by atoms with Crippen LogP contribution in [0, 0.1) is 0 Å². The lowest BCUT2D eigenvalue weighted by Gasteiger charge is -2.09. The summed E-state index contributed by atoms with van der Waals surface area (Å²) in [6.45, 7) is 0. The molecule has 2 amide bonds. The molecule has 0 radical (unpaired) electrons. The smallest absolute Gasteiger partial charge is 0.294 e. The normalized spacial score (nSPS) is 10.2. The van der Waals surface area contributed by atoms with Crippen LogP contribution in [0.5, 0.6) is 0 Å². The van der Waals surface area contributed by atoms with Gasteiger partial charge < -0.3 is 10.6 Å². The number of anilines is 2. The summed E-state index contributed by atoms with van der Waals surface area (Å²) in [5.74, 6) is -0.761. The van der Waals surface area contributed by atoms with Crippen molar-refractivity contribution in [3.8, 4) is 0 Å². The third-order valence-corrected chi connectivity index (χ3v) is 3.85. The monoisotopic (exact) mass is 387 g/mol. The van der Waals surface area contributed by atoms with Gasteiger partial charge in [0.25, 0.3) is 11.8 Å². The number of nitrogens with zero attached hydrogens (tertiary/aromatic N) is 3. The fourth-order valence-corrected chi connectivity index (χ4v) is 2.64. The summed E-state index contributed by atoms with van der Waals surface area (Å²) in [4.78, 5) is 36.2. The molecule has 0 aliphatic rings. The molecule has 0 bridgehead atoms. The zero-order chi connectivity index (χ0) is 18.5. The van der Waals surface area contributed by atoms with Gasteiger partial charge in [0.1, 0.15) is 5.82 Å². The van der Waals surface area contributed by atoms with Crippen LogP contribution in [-0.4, -0.2) is 26.8 Å². The third-order valence-electron chi connectivity index (χ3n) is 3.22. The summed E-state index contributed by atoms with van der Waals surface area (Å²) in [6, 6.07) is 9.44. The minimum absolute atomic E-state index is 0.00610. The molecular weight excluding hydrogens is 377 g/mol. The zero-order valence-corrected chi connectivity index (χ0v) is 14.6. The zero-order valence-electron chi connectivity index (χ0n) is 13.1. The van der Waals surface area contributed by atoms with Crippen LogP contribution >= 0.6 is 23.2 Å². The average molecular weight is 388 g/mol. The maximum Gasteiger partial charge on any atom is 0.294 e. The Hall–Kier alpha value is -3.03. The summed E-state index contributed by atoms with van der Waals surface area (Å²) < 4.78 is 0. The Bertz CT molecular complexity index is 946. The first kappa shape index (κ1) is 17.8. The second-order valence-corrected chi connectivity index (χ2v) is 5.82. The Kier molecular flexibility index (Phi) is 5.40. The van der Waals surface area contributed by atoms with E-state index in [1.807, 2.05) is 0 Å². The fourth-order valence-electron chi connectivity index (χ4n) is 2.07. The van der Waals surface area contributed by atoms with Crippen molar-refractivity contribution in [1.82, 2.24) is 15.0 Å². The highest BCUT2D eigenvalue weighted by molar-refractivity contribution is 6.40. The van der Waals surface area contributed by atoms with Crippen LogP contribution in [0.2, 0.25) is 10.0 Å². The number of hydrogen-bond acceptors (Lipinski definition) is 5. The van der Waals surface area contributed by atoms with Crippen LogP contribution in [0.4, 0.5) is 11.5 Å². The molecule has 130 valence electrons. The number of benzene rings is 1. The molecule has 0 fully saturated rings. The van der Waals surface area contributed by atoms with Crippen LogP contribution in [-0.2, 0) is 0 Å². The molecule has 7 nitrogen and oxygen atoms in total. The topological polar surface area (TPSA) is 96.9 Å².